The SMILES string of the molecule is CSCC[C@@H](NC(=O)c1cccc(OC(C)C)c1)C(=O)O. The van der Waals surface area contributed by atoms with Gasteiger partial charge in [-0.05, 0) is 50.5 Å². The van der Waals surface area contributed by atoms with Crippen LogP contribution >= 0.6 is 11.8 Å². The lowest BCUT2D eigenvalue weighted by atomic mass is 10.1. The van der Waals surface area contributed by atoms with Crippen molar-refractivity contribution >= 4 is 23.6 Å². The Bertz CT molecular complexity index is 490. The van der Waals surface area contributed by atoms with Gasteiger partial charge >= 0.3 is 5.97 Å². The van der Waals surface area contributed by atoms with E-state index in [0.717, 1.165) is 0 Å². The van der Waals surface area contributed by atoms with E-state index in [1.165, 1.54) is 0 Å². The van der Waals surface area contributed by atoms with E-state index in [-0.39, 0.29) is 6.10 Å². The number of carbonyl (C=O) groups excluding carboxylic acids is 1. The number of carbonyl (C=O) groups is 2. The number of rotatable bonds is 8. The molecular weight excluding hydrogens is 290 g/mol. The van der Waals surface area contributed by atoms with Crippen molar-refractivity contribution in [1.29, 1.82) is 0 Å². The number of thioether (sulfide) groups is 1. The third-order valence-electron chi connectivity index (χ3n) is 2.68. The molecule has 0 aliphatic heterocycles. The average Bonchev–Trinajstić information content (AvgIpc) is 2.42. The molecule has 0 bridgehead atoms. The van der Waals surface area contributed by atoms with Crippen LogP contribution in [-0.2, 0) is 4.79 Å². The van der Waals surface area contributed by atoms with Gasteiger partial charge in [-0.1, -0.05) is 6.07 Å². The first-order valence-electron chi connectivity index (χ1n) is 6.73. The molecule has 0 spiro atoms. The van der Waals surface area contributed by atoms with Gasteiger partial charge in [0.1, 0.15) is 11.8 Å². The van der Waals surface area contributed by atoms with E-state index in [9.17, 15) is 9.59 Å². The molecule has 0 aromatic heterocycles. The number of carboxylic acid groups (broad SMARTS) is 1. The van der Waals surface area contributed by atoms with E-state index >= 15 is 0 Å². The van der Waals surface area contributed by atoms with Gasteiger partial charge in [-0.15, -0.1) is 0 Å². The topological polar surface area (TPSA) is 75.6 Å². The molecule has 1 amide bonds. The number of hydrogen-bond acceptors (Lipinski definition) is 4. The van der Waals surface area contributed by atoms with E-state index in [2.05, 4.69) is 5.32 Å². The van der Waals surface area contributed by atoms with E-state index in [0.29, 0.717) is 23.5 Å². The summed E-state index contributed by atoms with van der Waals surface area (Å²) >= 11 is 1.54. The summed E-state index contributed by atoms with van der Waals surface area (Å²) in [6, 6.07) is 5.85. The monoisotopic (exact) mass is 311 g/mol. The van der Waals surface area contributed by atoms with Crippen LogP contribution < -0.4 is 10.1 Å². The number of amides is 1. The van der Waals surface area contributed by atoms with Gasteiger partial charge in [0.25, 0.3) is 5.91 Å². The molecule has 21 heavy (non-hydrogen) atoms. The minimum atomic E-state index is -1.02. The van der Waals surface area contributed by atoms with Crippen LogP contribution in [0, 0.1) is 0 Å². The Kier molecular flexibility index (Phi) is 7.08. The van der Waals surface area contributed by atoms with Gasteiger partial charge in [-0.25, -0.2) is 4.79 Å². The molecule has 1 aromatic carbocycles. The minimum absolute atomic E-state index is 0.0108. The van der Waals surface area contributed by atoms with Crippen LogP contribution in [0.5, 0.6) is 5.75 Å². The van der Waals surface area contributed by atoms with Gasteiger partial charge in [0.2, 0.25) is 0 Å². The number of hydrogen-bond donors (Lipinski definition) is 2. The fourth-order valence-electron chi connectivity index (χ4n) is 1.72. The fraction of sp³-hybridized carbons (Fsp3) is 0.467. The van der Waals surface area contributed by atoms with Crippen LogP contribution in [0.15, 0.2) is 24.3 Å². The molecule has 0 aliphatic carbocycles. The summed E-state index contributed by atoms with van der Waals surface area (Å²) in [6.45, 7) is 3.80. The molecule has 5 nitrogen and oxygen atoms in total. The Hall–Kier alpha value is -1.69. The smallest absolute Gasteiger partial charge is 0.326 e. The van der Waals surface area contributed by atoms with Crippen molar-refractivity contribution in [3.8, 4) is 5.75 Å². The highest BCUT2D eigenvalue weighted by Gasteiger charge is 2.20. The second kappa shape index (κ2) is 8.56. The quantitative estimate of drug-likeness (QED) is 0.771. The summed E-state index contributed by atoms with van der Waals surface area (Å²) < 4.78 is 5.52. The lowest BCUT2D eigenvalue weighted by Crippen LogP contribution is -2.41. The van der Waals surface area contributed by atoms with Crippen LogP contribution in [0.25, 0.3) is 0 Å². The summed E-state index contributed by atoms with van der Waals surface area (Å²) in [6.07, 6.45) is 2.30. The first-order chi connectivity index (χ1) is 9.93. The van der Waals surface area contributed by atoms with Crippen molar-refractivity contribution in [2.75, 3.05) is 12.0 Å². The second-order valence-electron chi connectivity index (χ2n) is 4.84. The fourth-order valence-corrected chi connectivity index (χ4v) is 2.19. The molecule has 0 radical (unpaired) electrons. The second-order valence-corrected chi connectivity index (χ2v) is 5.83. The molecule has 1 rings (SSSR count). The third-order valence-corrected chi connectivity index (χ3v) is 3.33. The maximum atomic E-state index is 12.1. The van der Waals surface area contributed by atoms with Crippen LogP contribution in [0.3, 0.4) is 0 Å². The highest BCUT2D eigenvalue weighted by Crippen LogP contribution is 2.15. The largest absolute Gasteiger partial charge is 0.491 e. The first-order valence-corrected chi connectivity index (χ1v) is 8.12. The van der Waals surface area contributed by atoms with Gasteiger partial charge in [0, 0.05) is 5.56 Å². The summed E-state index contributed by atoms with van der Waals surface area (Å²) in [5.41, 5.74) is 0.392. The van der Waals surface area contributed by atoms with Crippen LogP contribution in [0.4, 0.5) is 0 Å². The number of nitrogens with one attached hydrogen (secondary N) is 1. The molecule has 0 saturated heterocycles. The third kappa shape index (κ3) is 6.08. The van der Waals surface area contributed by atoms with Crippen LogP contribution in [0.2, 0.25) is 0 Å². The number of ether oxygens (including phenoxy) is 1. The standard InChI is InChI=1S/C15H21NO4S/c1-10(2)20-12-6-4-5-11(9-12)14(17)16-13(15(18)19)7-8-21-3/h4-6,9-10,13H,7-8H2,1-3H3,(H,16,17)(H,18,19)/t13-/m1/s1. The molecule has 0 unspecified atom stereocenters. The van der Waals surface area contributed by atoms with Crippen LogP contribution in [-0.4, -0.2) is 41.1 Å². The Morgan fingerprint density at radius 3 is 2.67 bits per heavy atom. The van der Waals surface area contributed by atoms with Gasteiger partial charge in [0.05, 0.1) is 6.10 Å². The maximum absolute atomic E-state index is 12.1. The van der Waals surface area contributed by atoms with E-state index in [4.69, 9.17) is 9.84 Å². The van der Waals surface area contributed by atoms with Crippen molar-refractivity contribution in [3.05, 3.63) is 29.8 Å². The Morgan fingerprint density at radius 1 is 1.38 bits per heavy atom. The zero-order valence-corrected chi connectivity index (χ0v) is 13.3. The van der Waals surface area contributed by atoms with E-state index < -0.39 is 17.9 Å². The highest BCUT2D eigenvalue weighted by molar-refractivity contribution is 7.98. The normalized spacial score (nSPS) is 12.0. The highest BCUT2D eigenvalue weighted by atomic mass is 32.2. The van der Waals surface area contributed by atoms with Crippen molar-refractivity contribution < 1.29 is 19.4 Å². The predicted octanol–water partition coefficient (Wildman–Crippen LogP) is 2.41. The molecule has 0 saturated carbocycles. The molecule has 2 N–H and O–H groups in total. The molecule has 0 aliphatic rings. The summed E-state index contributed by atoms with van der Waals surface area (Å²) in [7, 11) is 0. The van der Waals surface area contributed by atoms with Crippen molar-refractivity contribution in [2.24, 2.45) is 0 Å². The van der Waals surface area contributed by atoms with Crippen molar-refractivity contribution in [3.63, 3.8) is 0 Å². The van der Waals surface area contributed by atoms with Gasteiger partial charge in [-0.2, -0.15) is 11.8 Å². The minimum Gasteiger partial charge on any atom is -0.491 e. The molecule has 1 atom stereocenters. The van der Waals surface area contributed by atoms with Crippen LogP contribution in [0.1, 0.15) is 30.6 Å². The zero-order chi connectivity index (χ0) is 15.8. The Morgan fingerprint density at radius 2 is 2.10 bits per heavy atom. The first kappa shape index (κ1) is 17.4. The number of benzene rings is 1. The van der Waals surface area contributed by atoms with Crippen molar-refractivity contribution in [2.45, 2.75) is 32.4 Å². The van der Waals surface area contributed by atoms with Gasteiger partial charge < -0.3 is 15.2 Å². The summed E-state index contributed by atoms with van der Waals surface area (Å²) in [4.78, 5) is 23.3. The average molecular weight is 311 g/mol. The lowest BCUT2D eigenvalue weighted by molar-refractivity contribution is -0.139. The molecule has 6 heteroatoms. The van der Waals surface area contributed by atoms with E-state index in [1.54, 1.807) is 36.0 Å². The Labute approximate surface area is 129 Å². The molecule has 1 aromatic rings. The van der Waals surface area contributed by atoms with Gasteiger partial charge in [0.15, 0.2) is 0 Å². The van der Waals surface area contributed by atoms with E-state index in [1.807, 2.05) is 20.1 Å². The maximum Gasteiger partial charge on any atom is 0.326 e. The molecule has 0 heterocycles. The lowest BCUT2D eigenvalue weighted by Gasteiger charge is -2.15. The summed E-state index contributed by atoms with van der Waals surface area (Å²) in [5.74, 6) is -0.161. The molecule has 0 fully saturated rings. The summed E-state index contributed by atoms with van der Waals surface area (Å²) in [5, 5.41) is 11.7. The molecule has 116 valence electrons. The predicted molar refractivity (Wildman–Crippen MR) is 84.1 cm³/mol. The molecular formula is C15H21NO4S. The van der Waals surface area contributed by atoms with Gasteiger partial charge in [-0.3, -0.25) is 4.79 Å². The van der Waals surface area contributed by atoms with Crippen molar-refractivity contribution in [1.82, 2.24) is 5.32 Å². The Balaban J connectivity index is 2.75. The zero-order valence-electron chi connectivity index (χ0n) is 12.5. The number of aliphatic carboxylic acids is 1. The number of carboxylic acids is 1.